The SMILES string of the molecule is CCOc1ccc(-c2n[nH]c(=S)n2CCC(=O)NNc2cccc(Cl)c2)cc1. The molecule has 2 aromatic carbocycles. The molecule has 3 aromatic rings. The predicted octanol–water partition coefficient (Wildman–Crippen LogP) is 4.19. The topological polar surface area (TPSA) is 84.0 Å². The molecule has 9 heteroatoms. The lowest BCUT2D eigenvalue weighted by Gasteiger charge is -2.10. The smallest absolute Gasteiger partial charge is 0.240 e. The van der Waals surface area contributed by atoms with Crippen molar-refractivity contribution in [1.29, 1.82) is 0 Å². The van der Waals surface area contributed by atoms with Crippen LogP contribution in [0.1, 0.15) is 13.3 Å². The Morgan fingerprint density at radius 1 is 1.29 bits per heavy atom. The third kappa shape index (κ3) is 5.11. The van der Waals surface area contributed by atoms with E-state index in [0.29, 0.717) is 34.5 Å². The van der Waals surface area contributed by atoms with Crippen LogP contribution in [0.15, 0.2) is 48.5 Å². The highest BCUT2D eigenvalue weighted by atomic mass is 35.5. The van der Waals surface area contributed by atoms with Gasteiger partial charge in [-0.1, -0.05) is 17.7 Å². The van der Waals surface area contributed by atoms with Crippen LogP contribution in [0.2, 0.25) is 5.02 Å². The van der Waals surface area contributed by atoms with Crippen LogP contribution in [0.5, 0.6) is 5.75 Å². The number of amides is 1. The van der Waals surface area contributed by atoms with Gasteiger partial charge in [0.2, 0.25) is 5.91 Å². The normalized spacial score (nSPS) is 10.5. The summed E-state index contributed by atoms with van der Waals surface area (Å²) in [6.45, 7) is 2.93. The molecule has 0 aliphatic heterocycles. The summed E-state index contributed by atoms with van der Waals surface area (Å²) in [7, 11) is 0. The van der Waals surface area contributed by atoms with Crippen molar-refractivity contribution in [3.05, 3.63) is 58.3 Å². The van der Waals surface area contributed by atoms with Crippen LogP contribution in [0.3, 0.4) is 0 Å². The number of hydrazine groups is 1. The standard InChI is InChI=1S/C19H20ClN5O2S/c1-2-27-16-8-6-13(7-9-16)18-23-24-19(28)25(18)11-10-17(26)22-21-15-5-3-4-14(20)12-15/h3-9,12,21H,2,10-11H2,1H3,(H,22,26)(H,24,28). The van der Waals surface area contributed by atoms with Crippen molar-refractivity contribution in [2.45, 2.75) is 19.9 Å². The van der Waals surface area contributed by atoms with Crippen molar-refractivity contribution in [3.8, 4) is 17.1 Å². The van der Waals surface area contributed by atoms with Gasteiger partial charge in [-0.3, -0.25) is 25.3 Å². The molecule has 0 unspecified atom stereocenters. The van der Waals surface area contributed by atoms with Gasteiger partial charge in [0, 0.05) is 23.6 Å². The fourth-order valence-electron chi connectivity index (χ4n) is 2.60. The molecule has 0 saturated heterocycles. The number of aromatic amines is 1. The lowest BCUT2D eigenvalue weighted by molar-refractivity contribution is -0.120. The highest BCUT2D eigenvalue weighted by Crippen LogP contribution is 2.21. The zero-order valence-electron chi connectivity index (χ0n) is 15.2. The summed E-state index contributed by atoms with van der Waals surface area (Å²) >= 11 is 11.2. The van der Waals surface area contributed by atoms with E-state index in [9.17, 15) is 4.79 Å². The Morgan fingerprint density at radius 3 is 2.79 bits per heavy atom. The predicted molar refractivity (Wildman–Crippen MR) is 112 cm³/mol. The third-order valence-corrected chi connectivity index (χ3v) is 4.46. The van der Waals surface area contributed by atoms with Gasteiger partial charge in [-0.05, 0) is 61.6 Å². The van der Waals surface area contributed by atoms with E-state index in [1.165, 1.54) is 0 Å². The number of anilines is 1. The third-order valence-electron chi connectivity index (χ3n) is 3.92. The number of H-pyrrole nitrogens is 1. The monoisotopic (exact) mass is 417 g/mol. The van der Waals surface area contributed by atoms with Crippen molar-refractivity contribution in [3.63, 3.8) is 0 Å². The maximum absolute atomic E-state index is 12.2. The van der Waals surface area contributed by atoms with Crippen LogP contribution < -0.4 is 15.6 Å². The minimum atomic E-state index is -0.180. The molecule has 0 aliphatic carbocycles. The number of hydrogen-bond donors (Lipinski definition) is 3. The Bertz CT molecular complexity index is 1000. The van der Waals surface area contributed by atoms with Crippen LogP contribution in [-0.2, 0) is 11.3 Å². The number of hydrogen-bond acceptors (Lipinski definition) is 5. The van der Waals surface area contributed by atoms with E-state index in [1.807, 2.05) is 37.3 Å². The number of carbonyl (C=O) groups excluding carboxylic acids is 1. The molecule has 0 atom stereocenters. The van der Waals surface area contributed by atoms with Crippen molar-refractivity contribution in [2.75, 3.05) is 12.0 Å². The lowest BCUT2D eigenvalue weighted by atomic mass is 10.2. The lowest BCUT2D eigenvalue weighted by Crippen LogP contribution is -2.30. The molecule has 7 nitrogen and oxygen atoms in total. The summed E-state index contributed by atoms with van der Waals surface area (Å²) in [5, 5.41) is 7.66. The molecule has 0 saturated carbocycles. The van der Waals surface area contributed by atoms with Crippen molar-refractivity contribution >= 4 is 35.4 Å². The number of nitrogens with one attached hydrogen (secondary N) is 3. The quantitative estimate of drug-likeness (QED) is 0.378. The zero-order chi connectivity index (χ0) is 19.9. The summed E-state index contributed by atoms with van der Waals surface area (Å²) in [6, 6.07) is 14.7. The van der Waals surface area contributed by atoms with Crippen molar-refractivity contribution in [2.24, 2.45) is 0 Å². The maximum Gasteiger partial charge on any atom is 0.240 e. The van der Waals surface area contributed by atoms with Gasteiger partial charge in [0.25, 0.3) is 0 Å². The van der Waals surface area contributed by atoms with E-state index in [0.717, 1.165) is 11.3 Å². The molecule has 3 N–H and O–H groups in total. The van der Waals surface area contributed by atoms with Gasteiger partial charge in [0.15, 0.2) is 10.6 Å². The number of rotatable bonds is 8. The van der Waals surface area contributed by atoms with Crippen LogP contribution >= 0.6 is 23.8 Å². The number of carbonyl (C=O) groups is 1. The van der Waals surface area contributed by atoms with Crippen molar-refractivity contribution in [1.82, 2.24) is 20.2 Å². The fraction of sp³-hybridized carbons (Fsp3) is 0.211. The zero-order valence-corrected chi connectivity index (χ0v) is 16.8. The van der Waals surface area contributed by atoms with Gasteiger partial charge in [0.1, 0.15) is 5.75 Å². The number of nitrogens with zero attached hydrogens (tertiary/aromatic N) is 2. The Kier molecular flexibility index (Phi) is 6.67. The first-order valence-electron chi connectivity index (χ1n) is 8.75. The molecule has 0 bridgehead atoms. The molecule has 0 radical (unpaired) electrons. The number of halogens is 1. The molecule has 1 heterocycles. The fourth-order valence-corrected chi connectivity index (χ4v) is 3.01. The summed E-state index contributed by atoms with van der Waals surface area (Å²) < 4.78 is 7.71. The van der Waals surface area contributed by atoms with Crippen molar-refractivity contribution < 1.29 is 9.53 Å². The molecule has 146 valence electrons. The molecule has 0 spiro atoms. The average molecular weight is 418 g/mol. The molecule has 1 amide bonds. The van der Waals surface area contributed by atoms with Crippen LogP contribution in [0.4, 0.5) is 5.69 Å². The summed E-state index contributed by atoms with van der Waals surface area (Å²) in [4.78, 5) is 12.2. The first-order valence-corrected chi connectivity index (χ1v) is 9.54. The minimum Gasteiger partial charge on any atom is -0.494 e. The molecular formula is C19H20ClN5O2S. The molecule has 28 heavy (non-hydrogen) atoms. The number of aromatic nitrogens is 3. The Hall–Kier alpha value is -2.84. The molecule has 0 fully saturated rings. The maximum atomic E-state index is 12.2. The Morgan fingerprint density at radius 2 is 2.07 bits per heavy atom. The summed E-state index contributed by atoms with van der Waals surface area (Å²) in [5.41, 5.74) is 7.07. The van der Waals surface area contributed by atoms with Gasteiger partial charge in [-0.15, -0.1) is 0 Å². The van der Waals surface area contributed by atoms with Crippen LogP contribution in [0, 0.1) is 4.77 Å². The first kappa shape index (κ1) is 19.9. The number of benzene rings is 2. The highest BCUT2D eigenvalue weighted by molar-refractivity contribution is 7.71. The van der Waals surface area contributed by atoms with Gasteiger partial charge in [0.05, 0.1) is 12.3 Å². The number of ether oxygens (including phenoxy) is 1. The Labute approximate surface area is 172 Å². The van der Waals surface area contributed by atoms with Gasteiger partial charge in [-0.25, -0.2) is 0 Å². The first-order chi connectivity index (χ1) is 13.6. The summed E-state index contributed by atoms with van der Waals surface area (Å²) in [6.07, 6.45) is 0.228. The Balaban J connectivity index is 1.62. The van der Waals surface area contributed by atoms with E-state index >= 15 is 0 Å². The molecule has 3 rings (SSSR count). The second-order valence-electron chi connectivity index (χ2n) is 5.89. The van der Waals surface area contributed by atoms with Crippen LogP contribution in [0.25, 0.3) is 11.4 Å². The van der Waals surface area contributed by atoms with E-state index < -0.39 is 0 Å². The van der Waals surface area contributed by atoms with Gasteiger partial charge >= 0.3 is 0 Å². The molecular weight excluding hydrogens is 398 g/mol. The minimum absolute atomic E-state index is 0.180. The average Bonchev–Trinajstić information content (AvgIpc) is 3.06. The largest absolute Gasteiger partial charge is 0.494 e. The van der Waals surface area contributed by atoms with Gasteiger partial charge < -0.3 is 4.74 Å². The van der Waals surface area contributed by atoms with E-state index in [-0.39, 0.29) is 12.3 Å². The molecule has 0 aliphatic rings. The second-order valence-corrected chi connectivity index (χ2v) is 6.72. The second kappa shape index (κ2) is 9.38. The van der Waals surface area contributed by atoms with Crippen LogP contribution in [-0.4, -0.2) is 27.3 Å². The summed E-state index contributed by atoms with van der Waals surface area (Å²) in [5.74, 6) is 1.28. The van der Waals surface area contributed by atoms with Gasteiger partial charge in [-0.2, -0.15) is 5.10 Å². The van der Waals surface area contributed by atoms with E-state index in [2.05, 4.69) is 21.0 Å². The van der Waals surface area contributed by atoms with E-state index in [1.54, 1.807) is 22.8 Å². The van der Waals surface area contributed by atoms with E-state index in [4.69, 9.17) is 28.6 Å². The highest BCUT2D eigenvalue weighted by Gasteiger charge is 2.11. The molecule has 1 aromatic heterocycles.